The third kappa shape index (κ3) is 3.06. The third-order valence-corrected chi connectivity index (χ3v) is 3.71. The molecule has 0 saturated heterocycles. The maximum absolute atomic E-state index is 10.0. The third-order valence-electron chi connectivity index (χ3n) is 3.18. The van der Waals surface area contributed by atoms with E-state index < -0.39 is 0 Å². The van der Waals surface area contributed by atoms with Crippen molar-refractivity contribution in [2.45, 2.75) is 0 Å². The highest BCUT2D eigenvalue weighted by molar-refractivity contribution is 9.10. The number of hydrazone groups is 1. The number of aromatic hydroxyl groups is 1. The van der Waals surface area contributed by atoms with E-state index >= 15 is 0 Å². The number of nitrogens with zero attached hydrogens (tertiary/aromatic N) is 1. The lowest BCUT2D eigenvalue weighted by Gasteiger charge is -2.05. The molecule has 0 atom stereocenters. The number of halogens is 1. The summed E-state index contributed by atoms with van der Waals surface area (Å²) in [5.74, 6) is 0.218. The number of benzene rings is 3. The lowest BCUT2D eigenvalue weighted by Crippen LogP contribution is -1.92. The van der Waals surface area contributed by atoms with E-state index in [4.69, 9.17) is 0 Å². The van der Waals surface area contributed by atoms with Crippen LogP contribution in [-0.2, 0) is 0 Å². The van der Waals surface area contributed by atoms with Gasteiger partial charge in [-0.2, -0.15) is 5.10 Å². The Bertz CT molecular complexity index is 797. The van der Waals surface area contributed by atoms with Crippen LogP contribution in [0.25, 0.3) is 10.8 Å². The van der Waals surface area contributed by atoms with Gasteiger partial charge < -0.3 is 5.11 Å². The average Bonchev–Trinajstić information content (AvgIpc) is 2.51. The maximum Gasteiger partial charge on any atom is 0.125 e. The molecule has 0 unspecified atom stereocenters. The van der Waals surface area contributed by atoms with E-state index in [0.717, 1.165) is 20.9 Å². The highest BCUT2D eigenvalue weighted by atomic mass is 79.9. The van der Waals surface area contributed by atoms with E-state index in [0.29, 0.717) is 5.56 Å². The zero-order chi connectivity index (χ0) is 14.7. The average molecular weight is 341 g/mol. The Morgan fingerprint density at radius 1 is 0.952 bits per heavy atom. The first kappa shape index (κ1) is 13.6. The molecule has 0 fully saturated rings. The fourth-order valence-electron chi connectivity index (χ4n) is 2.12. The number of hydrogen-bond donors (Lipinski definition) is 2. The summed E-state index contributed by atoms with van der Waals surface area (Å²) in [6.07, 6.45) is 1.64. The van der Waals surface area contributed by atoms with Gasteiger partial charge in [-0.05, 0) is 41.1 Å². The molecule has 3 rings (SSSR count). The van der Waals surface area contributed by atoms with E-state index in [-0.39, 0.29) is 5.75 Å². The summed E-state index contributed by atoms with van der Waals surface area (Å²) in [7, 11) is 0. The first-order valence-electron chi connectivity index (χ1n) is 6.49. The largest absolute Gasteiger partial charge is 0.507 e. The highest BCUT2D eigenvalue weighted by Crippen LogP contribution is 2.25. The summed E-state index contributed by atoms with van der Waals surface area (Å²) in [5.41, 5.74) is 4.54. The molecule has 0 bridgehead atoms. The van der Waals surface area contributed by atoms with Crippen molar-refractivity contribution in [3.05, 3.63) is 70.7 Å². The van der Waals surface area contributed by atoms with E-state index in [1.165, 1.54) is 0 Å². The second-order valence-corrected chi connectivity index (χ2v) is 5.51. The topological polar surface area (TPSA) is 44.6 Å². The van der Waals surface area contributed by atoms with Crippen molar-refractivity contribution < 1.29 is 5.11 Å². The van der Waals surface area contributed by atoms with Gasteiger partial charge in [-0.25, -0.2) is 0 Å². The lowest BCUT2D eigenvalue weighted by atomic mass is 10.0. The van der Waals surface area contributed by atoms with Crippen molar-refractivity contribution in [1.29, 1.82) is 0 Å². The van der Waals surface area contributed by atoms with Crippen LogP contribution in [0.5, 0.6) is 5.75 Å². The predicted molar refractivity (Wildman–Crippen MR) is 91.0 cm³/mol. The molecular formula is C17H13BrN2O. The van der Waals surface area contributed by atoms with Crippen molar-refractivity contribution in [3.8, 4) is 5.75 Å². The van der Waals surface area contributed by atoms with Gasteiger partial charge in [0, 0.05) is 10.0 Å². The molecule has 2 N–H and O–H groups in total. The molecule has 3 aromatic rings. The van der Waals surface area contributed by atoms with Crippen LogP contribution in [0.1, 0.15) is 5.56 Å². The lowest BCUT2D eigenvalue weighted by molar-refractivity contribution is 0.475. The zero-order valence-corrected chi connectivity index (χ0v) is 12.7. The summed E-state index contributed by atoms with van der Waals surface area (Å²) in [5, 5.41) is 16.3. The Labute approximate surface area is 131 Å². The van der Waals surface area contributed by atoms with Crippen LogP contribution in [0.15, 0.2) is 70.2 Å². The van der Waals surface area contributed by atoms with Crippen molar-refractivity contribution in [2.24, 2.45) is 5.10 Å². The molecule has 0 aliphatic carbocycles. The minimum absolute atomic E-state index is 0.218. The zero-order valence-electron chi connectivity index (χ0n) is 11.1. The van der Waals surface area contributed by atoms with Crippen LogP contribution in [0.4, 0.5) is 5.69 Å². The van der Waals surface area contributed by atoms with Gasteiger partial charge in [0.2, 0.25) is 0 Å². The fraction of sp³-hybridized carbons (Fsp3) is 0. The summed E-state index contributed by atoms with van der Waals surface area (Å²) in [6, 6.07) is 19.2. The Balaban J connectivity index is 1.89. The molecule has 0 spiro atoms. The maximum atomic E-state index is 10.0. The SMILES string of the molecule is Oc1ccc2ccccc2c1/C=N/Nc1ccc(Br)cc1. The second-order valence-electron chi connectivity index (χ2n) is 4.60. The van der Waals surface area contributed by atoms with Crippen LogP contribution >= 0.6 is 15.9 Å². The standard InChI is InChI=1S/C17H13BrN2O/c18-13-6-8-14(9-7-13)20-19-11-16-15-4-2-1-3-12(15)5-10-17(16)21/h1-11,20-21H/b19-11+. The Hall–Kier alpha value is -2.33. The highest BCUT2D eigenvalue weighted by Gasteiger charge is 2.03. The van der Waals surface area contributed by atoms with Gasteiger partial charge in [0.1, 0.15) is 5.75 Å². The van der Waals surface area contributed by atoms with Crippen molar-refractivity contribution in [3.63, 3.8) is 0 Å². The number of fused-ring (bicyclic) bond motifs is 1. The molecule has 0 saturated carbocycles. The Kier molecular flexibility index (Phi) is 3.88. The smallest absolute Gasteiger partial charge is 0.125 e. The van der Waals surface area contributed by atoms with Crippen LogP contribution in [0.2, 0.25) is 0 Å². The second kappa shape index (κ2) is 5.97. The van der Waals surface area contributed by atoms with Gasteiger partial charge in [0.15, 0.2) is 0 Å². The number of nitrogens with one attached hydrogen (secondary N) is 1. The number of phenolic OH excluding ortho intramolecular Hbond substituents is 1. The summed E-state index contributed by atoms with van der Waals surface area (Å²) >= 11 is 3.39. The van der Waals surface area contributed by atoms with E-state index in [1.807, 2.05) is 54.6 Å². The van der Waals surface area contributed by atoms with Crippen molar-refractivity contribution >= 4 is 38.6 Å². The summed E-state index contributed by atoms with van der Waals surface area (Å²) in [4.78, 5) is 0. The van der Waals surface area contributed by atoms with E-state index in [2.05, 4.69) is 26.5 Å². The first-order valence-corrected chi connectivity index (χ1v) is 7.29. The number of hydrogen-bond acceptors (Lipinski definition) is 3. The normalized spacial score (nSPS) is 11.1. The van der Waals surface area contributed by atoms with Crippen LogP contribution in [0, 0.1) is 0 Å². The molecule has 0 aromatic heterocycles. The van der Waals surface area contributed by atoms with Crippen LogP contribution in [-0.4, -0.2) is 11.3 Å². The molecule has 0 amide bonds. The summed E-state index contributed by atoms with van der Waals surface area (Å²) in [6.45, 7) is 0. The molecule has 3 aromatic carbocycles. The van der Waals surface area contributed by atoms with E-state index in [9.17, 15) is 5.11 Å². The monoisotopic (exact) mass is 340 g/mol. The van der Waals surface area contributed by atoms with Crippen LogP contribution < -0.4 is 5.43 Å². The van der Waals surface area contributed by atoms with E-state index in [1.54, 1.807) is 12.3 Å². The predicted octanol–water partition coefficient (Wildman–Crippen LogP) is 4.75. The van der Waals surface area contributed by atoms with Crippen molar-refractivity contribution in [2.75, 3.05) is 5.43 Å². The first-order chi connectivity index (χ1) is 10.2. The minimum Gasteiger partial charge on any atom is -0.507 e. The van der Waals surface area contributed by atoms with Gasteiger partial charge in [-0.3, -0.25) is 5.43 Å². The Morgan fingerprint density at radius 2 is 1.71 bits per heavy atom. The summed E-state index contributed by atoms with van der Waals surface area (Å²) < 4.78 is 1.02. The quantitative estimate of drug-likeness (QED) is 0.533. The van der Waals surface area contributed by atoms with Crippen LogP contribution in [0.3, 0.4) is 0 Å². The molecule has 3 nitrogen and oxygen atoms in total. The van der Waals surface area contributed by atoms with Gasteiger partial charge in [-0.15, -0.1) is 0 Å². The fourth-order valence-corrected chi connectivity index (χ4v) is 2.38. The molecule has 4 heteroatoms. The molecule has 0 radical (unpaired) electrons. The Morgan fingerprint density at radius 3 is 2.52 bits per heavy atom. The molecule has 0 heterocycles. The van der Waals surface area contributed by atoms with Gasteiger partial charge in [-0.1, -0.05) is 46.3 Å². The van der Waals surface area contributed by atoms with Gasteiger partial charge >= 0.3 is 0 Å². The minimum atomic E-state index is 0.218. The molecule has 0 aliphatic rings. The number of rotatable bonds is 3. The number of phenols is 1. The number of anilines is 1. The van der Waals surface area contributed by atoms with Crippen molar-refractivity contribution in [1.82, 2.24) is 0 Å². The van der Waals surface area contributed by atoms with Gasteiger partial charge in [0.25, 0.3) is 0 Å². The molecule has 0 aliphatic heterocycles. The van der Waals surface area contributed by atoms with Gasteiger partial charge in [0.05, 0.1) is 11.9 Å². The molecule has 104 valence electrons. The molecule has 21 heavy (non-hydrogen) atoms. The molecular weight excluding hydrogens is 328 g/mol.